The van der Waals surface area contributed by atoms with Gasteiger partial charge in [0.15, 0.2) is 5.79 Å². The molecular formula is C11H19NO2. The molecule has 0 fully saturated rings. The van der Waals surface area contributed by atoms with Crippen LogP contribution in [0.4, 0.5) is 0 Å². The third kappa shape index (κ3) is 5.00. The second-order valence-corrected chi connectivity index (χ2v) is 3.82. The van der Waals surface area contributed by atoms with Crippen LogP contribution in [0.25, 0.3) is 0 Å². The molecule has 2 atom stereocenters. The Kier molecular flexibility index (Phi) is 5.44. The van der Waals surface area contributed by atoms with E-state index in [0.29, 0.717) is 12.8 Å². The number of nitrogens with zero attached hydrogens (tertiary/aromatic N) is 1. The summed E-state index contributed by atoms with van der Waals surface area (Å²) in [5.41, 5.74) is 0.985. The molecule has 0 radical (unpaired) electrons. The van der Waals surface area contributed by atoms with E-state index in [-0.39, 0.29) is 5.92 Å². The van der Waals surface area contributed by atoms with Crippen molar-refractivity contribution in [3.05, 3.63) is 12.2 Å². The van der Waals surface area contributed by atoms with Crippen LogP contribution in [0.1, 0.15) is 33.1 Å². The van der Waals surface area contributed by atoms with Crippen LogP contribution in [-0.2, 0) is 4.74 Å². The quantitative estimate of drug-likeness (QED) is 0.524. The van der Waals surface area contributed by atoms with Gasteiger partial charge in [-0.2, -0.15) is 5.26 Å². The fourth-order valence-corrected chi connectivity index (χ4v) is 1.18. The lowest BCUT2D eigenvalue weighted by atomic mass is 9.92. The van der Waals surface area contributed by atoms with Crippen molar-refractivity contribution in [2.24, 2.45) is 5.92 Å². The van der Waals surface area contributed by atoms with E-state index in [1.165, 1.54) is 7.11 Å². The Morgan fingerprint density at radius 3 is 2.64 bits per heavy atom. The van der Waals surface area contributed by atoms with Gasteiger partial charge in [0.05, 0.1) is 6.07 Å². The molecule has 1 unspecified atom stereocenters. The van der Waals surface area contributed by atoms with Gasteiger partial charge in [-0.1, -0.05) is 12.2 Å². The molecule has 0 saturated carbocycles. The summed E-state index contributed by atoms with van der Waals surface area (Å²) >= 11 is 0. The van der Waals surface area contributed by atoms with Gasteiger partial charge in [-0.15, -0.1) is 0 Å². The van der Waals surface area contributed by atoms with Crippen LogP contribution in [-0.4, -0.2) is 18.0 Å². The lowest BCUT2D eigenvalue weighted by molar-refractivity contribution is -0.176. The summed E-state index contributed by atoms with van der Waals surface area (Å²) in [5, 5.41) is 18.2. The zero-order chi connectivity index (χ0) is 11.2. The van der Waals surface area contributed by atoms with Crippen molar-refractivity contribution in [3.8, 4) is 6.07 Å². The number of methoxy groups -OCH3 is 1. The van der Waals surface area contributed by atoms with Gasteiger partial charge in [-0.25, -0.2) is 0 Å². The first-order chi connectivity index (χ1) is 6.43. The molecule has 1 N–H and O–H groups in total. The number of hydrogen-bond donors (Lipinski definition) is 1. The fourth-order valence-electron chi connectivity index (χ4n) is 1.18. The second kappa shape index (κ2) is 5.79. The number of aliphatic hydroxyl groups is 1. The van der Waals surface area contributed by atoms with Crippen molar-refractivity contribution in [1.29, 1.82) is 5.26 Å². The highest BCUT2D eigenvalue weighted by Crippen LogP contribution is 2.23. The molecule has 14 heavy (non-hydrogen) atoms. The van der Waals surface area contributed by atoms with Crippen molar-refractivity contribution < 1.29 is 9.84 Å². The Hall–Kier alpha value is -0.850. The van der Waals surface area contributed by atoms with E-state index in [1.54, 1.807) is 6.92 Å². The normalized spacial score (nSPS) is 16.8. The third-order valence-corrected chi connectivity index (χ3v) is 2.43. The Bertz CT molecular complexity index is 228. The minimum atomic E-state index is -1.09. The topological polar surface area (TPSA) is 53.2 Å². The number of hydrogen-bond acceptors (Lipinski definition) is 3. The molecule has 80 valence electrons. The summed E-state index contributed by atoms with van der Waals surface area (Å²) in [5.74, 6) is -0.940. The zero-order valence-electron chi connectivity index (χ0n) is 9.21. The van der Waals surface area contributed by atoms with E-state index in [2.05, 4.69) is 12.6 Å². The number of ether oxygens (including phenoxy) is 1. The highest BCUT2D eigenvalue weighted by Gasteiger charge is 2.21. The maximum absolute atomic E-state index is 9.59. The highest BCUT2D eigenvalue weighted by atomic mass is 16.6. The molecular weight excluding hydrogens is 178 g/mol. The average Bonchev–Trinajstić information content (AvgIpc) is 2.12. The summed E-state index contributed by atoms with van der Waals surface area (Å²) in [4.78, 5) is 0. The van der Waals surface area contributed by atoms with Crippen molar-refractivity contribution in [3.63, 3.8) is 0 Å². The molecule has 0 aliphatic heterocycles. The van der Waals surface area contributed by atoms with Crippen LogP contribution in [0.3, 0.4) is 0 Å². The van der Waals surface area contributed by atoms with Gasteiger partial charge in [0.25, 0.3) is 0 Å². The van der Waals surface area contributed by atoms with Crippen molar-refractivity contribution >= 4 is 0 Å². The monoisotopic (exact) mass is 197 g/mol. The number of rotatable bonds is 6. The maximum atomic E-state index is 9.59. The fraction of sp³-hybridized carbons (Fsp3) is 0.727. The van der Waals surface area contributed by atoms with E-state index < -0.39 is 5.79 Å². The summed E-state index contributed by atoms with van der Waals surface area (Å²) in [7, 11) is 1.47. The van der Waals surface area contributed by atoms with Crippen LogP contribution < -0.4 is 0 Å². The van der Waals surface area contributed by atoms with Gasteiger partial charge < -0.3 is 9.84 Å². The van der Waals surface area contributed by atoms with E-state index in [0.717, 1.165) is 12.0 Å². The van der Waals surface area contributed by atoms with Gasteiger partial charge in [0.1, 0.15) is 0 Å². The molecule has 0 aliphatic carbocycles. The minimum Gasteiger partial charge on any atom is -0.366 e. The molecule has 0 aliphatic rings. The van der Waals surface area contributed by atoms with Crippen LogP contribution >= 0.6 is 0 Å². The standard InChI is InChI=1S/C11H19NO2/c1-9(2)10(6-8-12)5-7-11(3,13)14-4/h10,13H,1,5-7H2,2-4H3/t10-,11?/m0/s1. The predicted octanol–water partition coefficient (Wildman–Crippen LogP) is 2.23. The minimum absolute atomic E-state index is 0.154. The maximum Gasteiger partial charge on any atom is 0.162 e. The van der Waals surface area contributed by atoms with E-state index >= 15 is 0 Å². The SMILES string of the molecule is C=C(C)[C@H](CC#N)CCC(C)(O)OC. The lowest BCUT2D eigenvalue weighted by Gasteiger charge is -2.23. The molecule has 0 saturated heterocycles. The Morgan fingerprint density at radius 1 is 1.71 bits per heavy atom. The summed E-state index contributed by atoms with van der Waals surface area (Å²) in [6, 6.07) is 2.12. The molecule has 0 amide bonds. The molecule has 3 nitrogen and oxygen atoms in total. The van der Waals surface area contributed by atoms with E-state index in [9.17, 15) is 5.11 Å². The van der Waals surface area contributed by atoms with Gasteiger partial charge in [0.2, 0.25) is 0 Å². The van der Waals surface area contributed by atoms with Crippen LogP contribution in [0.2, 0.25) is 0 Å². The van der Waals surface area contributed by atoms with Gasteiger partial charge >= 0.3 is 0 Å². The van der Waals surface area contributed by atoms with Gasteiger partial charge in [-0.05, 0) is 26.2 Å². The first kappa shape index (κ1) is 13.2. The number of nitriles is 1. The molecule has 0 rings (SSSR count). The molecule has 0 aromatic rings. The summed E-state index contributed by atoms with van der Waals surface area (Å²) in [6.45, 7) is 7.35. The van der Waals surface area contributed by atoms with Crippen LogP contribution in [0.5, 0.6) is 0 Å². The van der Waals surface area contributed by atoms with E-state index in [4.69, 9.17) is 10.00 Å². The van der Waals surface area contributed by atoms with Gasteiger partial charge in [0, 0.05) is 20.0 Å². The first-order valence-corrected chi connectivity index (χ1v) is 4.73. The summed E-state index contributed by atoms with van der Waals surface area (Å²) in [6.07, 6.45) is 1.70. The van der Waals surface area contributed by atoms with Crippen LogP contribution in [0, 0.1) is 17.2 Å². The molecule has 0 aromatic heterocycles. The smallest absolute Gasteiger partial charge is 0.162 e. The predicted molar refractivity (Wildman–Crippen MR) is 55.4 cm³/mol. The Morgan fingerprint density at radius 2 is 2.29 bits per heavy atom. The zero-order valence-corrected chi connectivity index (χ0v) is 9.21. The average molecular weight is 197 g/mol. The van der Waals surface area contributed by atoms with Crippen molar-refractivity contribution in [2.45, 2.75) is 38.9 Å². The second-order valence-electron chi connectivity index (χ2n) is 3.82. The molecule has 3 heteroatoms. The summed E-state index contributed by atoms with van der Waals surface area (Å²) < 4.78 is 4.89. The third-order valence-electron chi connectivity index (χ3n) is 2.43. The van der Waals surface area contributed by atoms with Crippen LogP contribution in [0.15, 0.2) is 12.2 Å². The molecule has 0 heterocycles. The Labute approximate surface area is 86.0 Å². The number of allylic oxidation sites excluding steroid dienone is 1. The molecule has 0 bridgehead atoms. The first-order valence-electron chi connectivity index (χ1n) is 4.73. The van der Waals surface area contributed by atoms with Crippen molar-refractivity contribution in [2.75, 3.05) is 7.11 Å². The Balaban J connectivity index is 4.07. The molecule has 0 aromatic carbocycles. The van der Waals surface area contributed by atoms with Crippen molar-refractivity contribution in [1.82, 2.24) is 0 Å². The molecule has 0 spiro atoms. The largest absolute Gasteiger partial charge is 0.366 e. The highest BCUT2D eigenvalue weighted by molar-refractivity contribution is 4.99. The lowest BCUT2D eigenvalue weighted by Crippen LogP contribution is -2.27. The van der Waals surface area contributed by atoms with E-state index in [1.807, 2.05) is 6.92 Å². The van der Waals surface area contributed by atoms with Gasteiger partial charge in [-0.3, -0.25) is 0 Å².